The van der Waals surface area contributed by atoms with Gasteiger partial charge in [-0.25, -0.2) is 9.59 Å². The average Bonchev–Trinajstić information content (AvgIpc) is 2.62. The van der Waals surface area contributed by atoms with Crippen LogP contribution >= 0.6 is 0 Å². The summed E-state index contributed by atoms with van der Waals surface area (Å²) in [5.41, 5.74) is -2.83. The number of hydrogen-bond donors (Lipinski definition) is 1. The van der Waals surface area contributed by atoms with Gasteiger partial charge in [0.1, 0.15) is 5.54 Å². The number of halogens is 12. The van der Waals surface area contributed by atoms with Crippen molar-refractivity contribution in [2.75, 3.05) is 7.05 Å². The van der Waals surface area contributed by atoms with Gasteiger partial charge in [-0.2, -0.15) is 52.7 Å². The Morgan fingerprint density at radius 1 is 0.622 bits per heavy atom. The van der Waals surface area contributed by atoms with Gasteiger partial charge in [0, 0.05) is 0 Å². The second-order valence-electron chi connectivity index (χ2n) is 8.91. The molecule has 0 amide bonds. The number of alkyl halides is 12. The summed E-state index contributed by atoms with van der Waals surface area (Å²) in [6, 6.07) is 0. The lowest BCUT2D eigenvalue weighted by atomic mass is 9.81. The highest BCUT2D eigenvalue weighted by Gasteiger charge is 2.63. The smallest absolute Gasteiger partial charge is 0.434 e. The molecule has 218 valence electrons. The van der Waals surface area contributed by atoms with Crippen molar-refractivity contribution in [3.63, 3.8) is 0 Å². The van der Waals surface area contributed by atoms with Gasteiger partial charge in [-0.3, -0.25) is 4.79 Å². The van der Waals surface area contributed by atoms with Crippen LogP contribution in [0.25, 0.3) is 0 Å². The molecule has 0 saturated heterocycles. The molecule has 0 rings (SSSR count). The van der Waals surface area contributed by atoms with Crippen LogP contribution in [0.2, 0.25) is 0 Å². The standard InChI is InChI=1S/C18H21F12NO6/c1-13(2,3)6-14(4,31-5)12(34)35-7(8(32)36-10(15(19,20)21)16(22,23)24)9(33)37-11(17(25,26)27)18(28,29)30/h7,10-11,31H,6H2,1-5H3. The Kier molecular flexibility index (Phi) is 10.4. The maximum absolute atomic E-state index is 12.7. The molecule has 0 aliphatic heterocycles. The molecule has 0 aromatic carbocycles. The lowest BCUT2D eigenvalue weighted by Crippen LogP contribution is -2.55. The van der Waals surface area contributed by atoms with E-state index in [2.05, 4.69) is 19.5 Å². The molecular formula is C18H21F12NO6. The Balaban J connectivity index is 6.49. The first kappa shape index (κ1) is 34.5. The summed E-state index contributed by atoms with van der Waals surface area (Å²) in [4.78, 5) is 36.6. The summed E-state index contributed by atoms with van der Waals surface area (Å²) in [6.45, 7) is 5.50. The number of ether oxygens (including phenoxy) is 3. The molecule has 37 heavy (non-hydrogen) atoms. The van der Waals surface area contributed by atoms with Crippen LogP contribution in [0.3, 0.4) is 0 Å². The molecule has 0 fully saturated rings. The SMILES string of the molecule is CNC(C)(CC(C)(C)C)C(=O)OC(C(=O)OC(C(F)(F)F)C(F)(F)F)C(=O)OC(C(F)(F)F)C(F)(F)F. The zero-order valence-corrected chi connectivity index (χ0v) is 19.4. The summed E-state index contributed by atoms with van der Waals surface area (Å²) < 4.78 is 163. The predicted molar refractivity (Wildman–Crippen MR) is 95.4 cm³/mol. The van der Waals surface area contributed by atoms with Crippen LogP contribution in [0.1, 0.15) is 34.1 Å². The Morgan fingerprint density at radius 3 is 1.14 bits per heavy atom. The fraction of sp³-hybridized carbons (Fsp3) is 0.833. The van der Waals surface area contributed by atoms with Crippen molar-refractivity contribution in [2.45, 2.75) is 82.7 Å². The first-order valence-corrected chi connectivity index (χ1v) is 9.64. The second kappa shape index (κ2) is 11.1. The van der Waals surface area contributed by atoms with Gasteiger partial charge in [-0.1, -0.05) is 20.8 Å². The van der Waals surface area contributed by atoms with E-state index in [-0.39, 0.29) is 6.42 Å². The third-order valence-corrected chi connectivity index (χ3v) is 4.20. The fourth-order valence-corrected chi connectivity index (χ4v) is 2.75. The maximum Gasteiger partial charge on any atom is 0.434 e. The molecule has 1 atom stereocenters. The van der Waals surface area contributed by atoms with Crippen molar-refractivity contribution < 1.29 is 81.3 Å². The van der Waals surface area contributed by atoms with Crippen LogP contribution < -0.4 is 5.32 Å². The zero-order valence-electron chi connectivity index (χ0n) is 19.4. The molecule has 0 bridgehead atoms. The molecule has 0 aromatic heterocycles. The maximum atomic E-state index is 12.7. The van der Waals surface area contributed by atoms with E-state index >= 15 is 0 Å². The van der Waals surface area contributed by atoms with E-state index in [1.165, 1.54) is 20.8 Å². The van der Waals surface area contributed by atoms with E-state index in [0.717, 1.165) is 14.0 Å². The molecule has 0 saturated carbocycles. The molecule has 0 aromatic rings. The van der Waals surface area contributed by atoms with Crippen LogP contribution in [0.5, 0.6) is 0 Å². The minimum atomic E-state index is -6.40. The number of likely N-dealkylation sites (N-methyl/N-ethyl adjacent to an activating group) is 1. The fourth-order valence-electron chi connectivity index (χ4n) is 2.75. The molecule has 0 radical (unpaired) electrons. The molecule has 1 N–H and O–H groups in total. The van der Waals surface area contributed by atoms with Gasteiger partial charge >= 0.3 is 42.6 Å². The van der Waals surface area contributed by atoms with E-state index in [4.69, 9.17) is 0 Å². The van der Waals surface area contributed by atoms with E-state index in [1.54, 1.807) is 0 Å². The highest BCUT2D eigenvalue weighted by molar-refractivity contribution is 6.00. The number of nitrogens with one attached hydrogen (secondary N) is 1. The first-order chi connectivity index (χ1) is 16.1. The van der Waals surface area contributed by atoms with Gasteiger partial charge in [0.25, 0.3) is 18.3 Å². The number of carbonyl (C=O) groups is 3. The summed E-state index contributed by atoms with van der Waals surface area (Å²) in [5, 5.41) is 2.30. The van der Waals surface area contributed by atoms with E-state index in [1.807, 2.05) is 0 Å². The van der Waals surface area contributed by atoms with Gasteiger partial charge < -0.3 is 19.5 Å². The van der Waals surface area contributed by atoms with Crippen LogP contribution in [0.4, 0.5) is 52.7 Å². The third-order valence-electron chi connectivity index (χ3n) is 4.20. The Morgan fingerprint density at radius 2 is 0.919 bits per heavy atom. The summed E-state index contributed by atoms with van der Waals surface area (Å²) >= 11 is 0. The Bertz CT molecular complexity index is 754. The van der Waals surface area contributed by atoms with E-state index in [0.29, 0.717) is 0 Å². The molecule has 0 heterocycles. The van der Waals surface area contributed by atoms with E-state index in [9.17, 15) is 67.1 Å². The van der Waals surface area contributed by atoms with Crippen LogP contribution in [-0.2, 0) is 28.6 Å². The topological polar surface area (TPSA) is 90.9 Å². The lowest BCUT2D eigenvalue weighted by molar-refractivity contribution is -0.319. The number of rotatable bonds is 8. The van der Waals surface area contributed by atoms with Gasteiger partial charge in [0.15, 0.2) is 0 Å². The van der Waals surface area contributed by atoms with Crippen molar-refractivity contribution in [1.82, 2.24) is 5.32 Å². The molecule has 0 aliphatic carbocycles. The minimum Gasteiger partial charge on any atom is -0.440 e. The third kappa shape index (κ3) is 10.4. The largest absolute Gasteiger partial charge is 0.440 e. The van der Waals surface area contributed by atoms with Crippen LogP contribution in [0, 0.1) is 5.41 Å². The number of carbonyl (C=O) groups excluding carboxylic acids is 3. The summed E-state index contributed by atoms with van der Waals surface area (Å²) in [5.74, 6) is -8.04. The molecule has 0 spiro atoms. The Hall–Kier alpha value is -2.47. The molecular weight excluding hydrogens is 554 g/mol. The number of hydrogen-bond acceptors (Lipinski definition) is 7. The van der Waals surface area contributed by atoms with Crippen LogP contribution in [0.15, 0.2) is 0 Å². The van der Waals surface area contributed by atoms with Gasteiger partial charge in [-0.05, 0) is 25.8 Å². The van der Waals surface area contributed by atoms with Crippen molar-refractivity contribution >= 4 is 17.9 Å². The molecule has 7 nitrogen and oxygen atoms in total. The van der Waals surface area contributed by atoms with Crippen molar-refractivity contribution in [3.05, 3.63) is 0 Å². The summed E-state index contributed by atoms with van der Waals surface area (Å²) in [6.07, 6.45) is -39.7. The highest BCUT2D eigenvalue weighted by Crippen LogP contribution is 2.38. The van der Waals surface area contributed by atoms with Crippen molar-refractivity contribution in [2.24, 2.45) is 5.41 Å². The van der Waals surface area contributed by atoms with Gasteiger partial charge in [0.05, 0.1) is 0 Å². The quantitative estimate of drug-likeness (QED) is 0.199. The second-order valence-corrected chi connectivity index (χ2v) is 8.91. The average molecular weight is 575 g/mol. The molecule has 0 aliphatic rings. The van der Waals surface area contributed by atoms with Gasteiger partial charge in [-0.15, -0.1) is 0 Å². The Labute approximate surface area is 200 Å². The van der Waals surface area contributed by atoms with Crippen molar-refractivity contribution in [1.29, 1.82) is 0 Å². The monoisotopic (exact) mass is 575 g/mol. The molecule has 1 unspecified atom stereocenters. The number of esters is 3. The highest BCUT2D eigenvalue weighted by atomic mass is 19.4. The summed E-state index contributed by atoms with van der Waals surface area (Å²) in [7, 11) is 1.06. The zero-order chi connectivity index (χ0) is 30.0. The molecule has 19 heteroatoms. The van der Waals surface area contributed by atoms with E-state index < -0.39 is 71.9 Å². The minimum absolute atomic E-state index is 0.298. The predicted octanol–water partition coefficient (Wildman–Crippen LogP) is 4.39. The van der Waals surface area contributed by atoms with Gasteiger partial charge in [0.2, 0.25) is 0 Å². The van der Waals surface area contributed by atoms with Crippen LogP contribution in [-0.4, -0.2) is 73.5 Å². The normalized spacial score (nSPS) is 15.6. The lowest BCUT2D eigenvalue weighted by Gasteiger charge is -2.34. The van der Waals surface area contributed by atoms with Crippen molar-refractivity contribution in [3.8, 4) is 0 Å². The first-order valence-electron chi connectivity index (χ1n) is 9.64.